The summed E-state index contributed by atoms with van der Waals surface area (Å²) < 4.78 is 5.51. The summed E-state index contributed by atoms with van der Waals surface area (Å²) in [5.41, 5.74) is 5.60. The molecule has 0 bridgehead atoms. The summed E-state index contributed by atoms with van der Waals surface area (Å²) in [6.45, 7) is 0. The van der Waals surface area contributed by atoms with Crippen LogP contribution in [0.5, 0.6) is 5.75 Å². The molecule has 1 fully saturated rings. The van der Waals surface area contributed by atoms with E-state index >= 15 is 0 Å². The fourth-order valence-electron chi connectivity index (χ4n) is 1.07. The van der Waals surface area contributed by atoms with E-state index in [0.29, 0.717) is 15.8 Å². The summed E-state index contributed by atoms with van der Waals surface area (Å²) in [6.07, 6.45) is 0.957. The molecule has 70 valence electrons. The molecular formula is C9H9Cl2NO. The first-order valence-corrected chi connectivity index (χ1v) is 4.80. The molecule has 0 saturated heterocycles. The van der Waals surface area contributed by atoms with Crippen molar-refractivity contribution in [2.75, 3.05) is 0 Å². The highest BCUT2D eigenvalue weighted by Gasteiger charge is 2.36. The van der Waals surface area contributed by atoms with Crippen molar-refractivity contribution >= 4 is 23.2 Å². The van der Waals surface area contributed by atoms with Crippen molar-refractivity contribution in [3.8, 4) is 5.75 Å². The van der Waals surface area contributed by atoms with Crippen molar-refractivity contribution in [2.24, 2.45) is 5.73 Å². The SMILES string of the molecule is N[C@@H]1C[C@@H]1Oc1c(Cl)cccc1Cl. The summed E-state index contributed by atoms with van der Waals surface area (Å²) in [4.78, 5) is 0. The average Bonchev–Trinajstić information content (AvgIpc) is 2.75. The molecule has 0 aliphatic heterocycles. The summed E-state index contributed by atoms with van der Waals surface area (Å²) >= 11 is 11.8. The number of nitrogens with two attached hydrogens (primary N) is 1. The highest BCUT2D eigenvalue weighted by molar-refractivity contribution is 6.37. The molecule has 0 aromatic heterocycles. The summed E-state index contributed by atoms with van der Waals surface area (Å²) in [5, 5.41) is 1.07. The first-order chi connectivity index (χ1) is 6.18. The molecule has 2 rings (SSSR count). The van der Waals surface area contributed by atoms with Gasteiger partial charge in [0.15, 0.2) is 5.75 Å². The Labute approximate surface area is 86.6 Å². The van der Waals surface area contributed by atoms with Gasteiger partial charge < -0.3 is 10.5 Å². The number of para-hydroxylation sites is 1. The molecule has 1 aliphatic rings. The third-order valence-electron chi connectivity index (χ3n) is 1.97. The molecular weight excluding hydrogens is 209 g/mol. The molecule has 1 aromatic rings. The Balaban J connectivity index is 2.18. The Hall–Kier alpha value is -0.440. The Morgan fingerprint density at radius 1 is 1.31 bits per heavy atom. The lowest BCUT2D eigenvalue weighted by Gasteiger charge is -2.08. The first kappa shape index (κ1) is 9.13. The van der Waals surface area contributed by atoms with Crippen LogP contribution in [-0.4, -0.2) is 12.1 Å². The van der Waals surface area contributed by atoms with Crippen molar-refractivity contribution in [1.82, 2.24) is 0 Å². The van der Waals surface area contributed by atoms with E-state index in [9.17, 15) is 0 Å². The predicted octanol–water partition coefficient (Wildman–Crippen LogP) is 2.47. The quantitative estimate of drug-likeness (QED) is 0.827. The van der Waals surface area contributed by atoms with E-state index in [2.05, 4.69) is 0 Å². The zero-order valence-electron chi connectivity index (χ0n) is 6.84. The van der Waals surface area contributed by atoms with Crippen LogP contribution in [0.3, 0.4) is 0 Å². The largest absolute Gasteiger partial charge is 0.486 e. The van der Waals surface area contributed by atoms with E-state index in [4.69, 9.17) is 33.7 Å². The normalized spacial score (nSPS) is 25.8. The molecule has 4 heteroatoms. The fraction of sp³-hybridized carbons (Fsp3) is 0.333. The van der Waals surface area contributed by atoms with Crippen LogP contribution in [0.15, 0.2) is 18.2 Å². The third kappa shape index (κ3) is 1.90. The minimum atomic E-state index is 0.0809. The van der Waals surface area contributed by atoms with Gasteiger partial charge in [0.05, 0.1) is 10.0 Å². The van der Waals surface area contributed by atoms with Gasteiger partial charge in [-0.1, -0.05) is 29.3 Å². The van der Waals surface area contributed by atoms with Gasteiger partial charge in [-0.05, 0) is 12.1 Å². The number of hydrogen-bond donors (Lipinski definition) is 1. The second-order valence-corrected chi connectivity index (χ2v) is 3.92. The third-order valence-corrected chi connectivity index (χ3v) is 2.56. The lowest BCUT2D eigenvalue weighted by molar-refractivity contribution is 0.297. The molecule has 2 nitrogen and oxygen atoms in total. The fourth-order valence-corrected chi connectivity index (χ4v) is 1.56. The lowest BCUT2D eigenvalue weighted by Crippen LogP contribution is -2.11. The van der Waals surface area contributed by atoms with E-state index in [-0.39, 0.29) is 12.1 Å². The summed E-state index contributed by atoms with van der Waals surface area (Å²) in [7, 11) is 0. The van der Waals surface area contributed by atoms with Gasteiger partial charge >= 0.3 is 0 Å². The second-order valence-electron chi connectivity index (χ2n) is 3.11. The molecule has 0 unspecified atom stereocenters. The van der Waals surface area contributed by atoms with Crippen molar-refractivity contribution in [1.29, 1.82) is 0 Å². The zero-order valence-corrected chi connectivity index (χ0v) is 8.35. The Bertz CT molecular complexity index is 309. The minimum absolute atomic E-state index is 0.0809. The maximum Gasteiger partial charge on any atom is 0.156 e. The van der Waals surface area contributed by atoms with Gasteiger partial charge in [-0.25, -0.2) is 0 Å². The van der Waals surface area contributed by atoms with Gasteiger partial charge in [0.25, 0.3) is 0 Å². The molecule has 2 atom stereocenters. The summed E-state index contributed by atoms with van der Waals surface area (Å²) in [5.74, 6) is 0.545. The van der Waals surface area contributed by atoms with Gasteiger partial charge in [-0.2, -0.15) is 0 Å². The molecule has 2 N–H and O–H groups in total. The predicted molar refractivity (Wildman–Crippen MR) is 53.5 cm³/mol. The van der Waals surface area contributed by atoms with Crippen LogP contribution in [0.4, 0.5) is 0 Å². The highest BCUT2D eigenvalue weighted by atomic mass is 35.5. The van der Waals surface area contributed by atoms with E-state index < -0.39 is 0 Å². The molecule has 0 heterocycles. The lowest BCUT2D eigenvalue weighted by atomic mass is 10.3. The molecule has 1 aromatic carbocycles. The first-order valence-electron chi connectivity index (χ1n) is 4.04. The van der Waals surface area contributed by atoms with E-state index in [1.807, 2.05) is 0 Å². The van der Waals surface area contributed by atoms with Crippen molar-refractivity contribution in [3.05, 3.63) is 28.2 Å². The molecule has 1 saturated carbocycles. The van der Waals surface area contributed by atoms with E-state index in [0.717, 1.165) is 6.42 Å². The number of ether oxygens (including phenoxy) is 1. The van der Waals surface area contributed by atoms with Gasteiger partial charge in [-0.15, -0.1) is 0 Å². The van der Waals surface area contributed by atoms with Gasteiger partial charge in [0.1, 0.15) is 6.10 Å². The van der Waals surface area contributed by atoms with E-state index in [1.165, 1.54) is 0 Å². The summed E-state index contributed by atoms with van der Waals surface area (Å²) in [6, 6.07) is 5.41. The molecule has 1 aliphatic carbocycles. The maximum atomic E-state index is 5.90. The monoisotopic (exact) mass is 217 g/mol. The van der Waals surface area contributed by atoms with Crippen LogP contribution in [0.1, 0.15) is 6.42 Å². The highest BCUT2D eigenvalue weighted by Crippen LogP contribution is 2.36. The standard InChI is InChI=1S/C9H9Cl2NO/c10-5-2-1-3-6(11)9(5)13-8-4-7(8)12/h1-3,7-8H,4,12H2/t7-,8+/m1/s1. The van der Waals surface area contributed by atoms with Gasteiger partial charge in [-0.3, -0.25) is 0 Å². The van der Waals surface area contributed by atoms with Crippen molar-refractivity contribution < 1.29 is 4.74 Å². The minimum Gasteiger partial charge on any atom is -0.486 e. The van der Waals surface area contributed by atoms with Crippen molar-refractivity contribution in [3.63, 3.8) is 0 Å². The number of benzene rings is 1. The zero-order chi connectivity index (χ0) is 9.42. The smallest absolute Gasteiger partial charge is 0.156 e. The van der Waals surface area contributed by atoms with Crippen LogP contribution < -0.4 is 10.5 Å². The Kier molecular flexibility index (Phi) is 2.37. The van der Waals surface area contributed by atoms with Crippen LogP contribution in [0, 0.1) is 0 Å². The number of halogens is 2. The van der Waals surface area contributed by atoms with Gasteiger partial charge in [0.2, 0.25) is 0 Å². The van der Waals surface area contributed by atoms with Crippen LogP contribution in [-0.2, 0) is 0 Å². The van der Waals surface area contributed by atoms with E-state index in [1.54, 1.807) is 18.2 Å². The average molecular weight is 218 g/mol. The Morgan fingerprint density at radius 2 is 1.85 bits per heavy atom. The maximum absolute atomic E-state index is 5.90. The topological polar surface area (TPSA) is 35.2 Å². The molecule has 13 heavy (non-hydrogen) atoms. The molecule has 0 amide bonds. The molecule has 0 radical (unpaired) electrons. The second kappa shape index (κ2) is 3.37. The molecule has 0 spiro atoms. The van der Waals surface area contributed by atoms with Gasteiger partial charge in [0, 0.05) is 12.5 Å². The number of hydrogen-bond acceptors (Lipinski definition) is 2. The number of rotatable bonds is 2. The van der Waals surface area contributed by atoms with Crippen LogP contribution in [0.25, 0.3) is 0 Å². The van der Waals surface area contributed by atoms with Crippen LogP contribution >= 0.6 is 23.2 Å². The van der Waals surface area contributed by atoms with Crippen LogP contribution in [0.2, 0.25) is 10.0 Å². The van der Waals surface area contributed by atoms with Crippen molar-refractivity contribution in [2.45, 2.75) is 18.6 Å². The Morgan fingerprint density at radius 3 is 2.31 bits per heavy atom.